The maximum Gasteiger partial charge on any atom is 0.326 e. The van der Waals surface area contributed by atoms with E-state index in [1.54, 1.807) is 0 Å². The number of nitrogens with zero attached hydrogens (tertiary/aromatic N) is 1. The Kier molecular flexibility index (Phi) is 11.4. The second-order valence-corrected chi connectivity index (χ2v) is 7.88. The van der Waals surface area contributed by atoms with E-state index in [1.807, 2.05) is 0 Å². The minimum absolute atomic E-state index is 0.130. The SMILES string of the molecule is CC(=O)[C@@H](CO)C(=O)N[C@@H](CC(=O)O)C(=O)N[C@@H](CCCCN)C(=O)N1CCC[C@H]1C(=O)O. The molecule has 0 radical (unpaired) electrons. The number of carboxylic acid groups (broad SMARTS) is 2. The Morgan fingerprint density at radius 3 is 2.18 bits per heavy atom. The molecule has 1 heterocycles. The van der Waals surface area contributed by atoms with Crippen LogP contribution in [0.2, 0.25) is 0 Å². The summed E-state index contributed by atoms with van der Waals surface area (Å²) in [7, 11) is 0. The predicted octanol–water partition coefficient (Wildman–Crippen LogP) is -2.17. The molecule has 7 N–H and O–H groups in total. The summed E-state index contributed by atoms with van der Waals surface area (Å²) in [6, 6.07) is -3.80. The minimum Gasteiger partial charge on any atom is -0.481 e. The van der Waals surface area contributed by atoms with Gasteiger partial charge in [-0.15, -0.1) is 0 Å². The number of amides is 3. The van der Waals surface area contributed by atoms with Crippen molar-refractivity contribution in [2.24, 2.45) is 11.7 Å². The largest absolute Gasteiger partial charge is 0.481 e. The van der Waals surface area contributed by atoms with Crippen LogP contribution in [-0.4, -0.2) is 93.5 Å². The number of rotatable bonds is 14. The van der Waals surface area contributed by atoms with Gasteiger partial charge in [0.05, 0.1) is 13.0 Å². The zero-order chi connectivity index (χ0) is 25.1. The monoisotopic (exact) mass is 472 g/mol. The number of aliphatic hydroxyl groups excluding tert-OH is 1. The van der Waals surface area contributed by atoms with E-state index in [2.05, 4.69) is 10.6 Å². The summed E-state index contributed by atoms with van der Waals surface area (Å²) in [4.78, 5) is 73.5. The van der Waals surface area contributed by atoms with Gasteiger partial charge in [-0.3, -0.25) is 24.0 Å². The fourth-order valence-electron chi connectivity index (χ4n) is 3.56. The standard InChI is InChI=1S/C20H32N4O9/c1-11(26)12(10-25)17(29)23-14(9-16(27)28)18(30)22-13(5-2-3-7-21)19(31)24-8-4-6-15(24)20(32)33/h12-15,25H,2-10,21H2,1H3,(H,22,30)(H,23,29)(H,27,28)(H,32,33)/t12-,13+,14+,15+/m1/s1. The predicted molar refractivity (Wildman–Crippen MR) is 113 cm³/mol. The fourth-order valence-corrected chi connectivity index (χ4v) is 3.56. The van der Waals surface area contributed by atoms with Crippen molar-refractivity contribution in [3.8, 4) is 0 Å². The molecule has 0 spiro atoms. The van der Waals surface area contributed by atoms with E-state index in [0.717, 1.165) is 11.8 Å². The Hall–Kier alpha value is -3.06. The van der Waals surface area contributed by atoms with Crippen LogP contribution in [-0.2, 0) is 28.8 Å². The molecule has 1 rings (SSSR count). The quantitative estimate of drug-likeness (QED) is 0.119. The molecule has 1 fully saturated rings. The Morgan fingerprint density at radius 1 is 1.03 bits per heavy atom. The third-order valence-electron chi connectivity index (χ3n) is 5.38. The average Bonchev–Trinajstić information content (AvgIpc) is 3.22. The van der Waals surface area contributed by atoms with Crippen LogP contribution in [0, 0.1) is 5.92 Å². The summed E-state index contributed by atoms with van der Waals surface area (Å²) in [6.45, 7) is 0.773. The third-order valence-corrected chi connectivity index (χ3v) is 5.38. The summed E-state index contributed by atoms with van der Waals surface area (Å²) in [5, 5.41) is 32.3. The van der Waals surface area contributed by atoms with Gasteiger partial charge in [-0.25, -0.2) is 4.79 Å². The molecule has 13 nitrogen and oxygen atoms in total. The number of carboxylic acids is 2. The molecule has 0 aromatic carbocycles. The highest BCUT2D eigenvalue weighted by atomic mass is 16.4. The molecule has 3 amide bonds. The molecule has 1 aliphatic rings. The van der Waals surface area contributed by atoms with Crippen molar-refractivity contribution in [2.75, 3.05) is 19.7 Å². The molecule has 1 saturated heterocycles. The summed E-state index contributed by atoms with van der Waals surface area (Å²) >= 11 is 0. The van der Waals surface area contributed by atoms with Crippen molar-refractivity contribution < 1.29 is 44.1 Å². The van der Waals surface area contributed by atoms with Crippen molar-refractivity contribution in [3.63, 3.8) is 0 Å². The second kappa shape index (κ2) is 13.5. The minimum atomic E-state index is -1.62. The van der Waals surface area contributed by atoms with Gasteiger partial charge in [-0.2, -0.15) is 0 Å². The average molecular weight is 472 g/mol. The number of likely N-dealkylation sites (tertiary alicyclic amines) is 1. The highest BCUT2D eigenvalue weighted by molar-refractivity contribution is 6.02. The number of carbonyl (C=O) groups is 6. The van der Waals surface area contributed by atoms with Crippen molar-refractivity contribution in [2.45, 2.75) is 63.6 Å². The first-order valence-electron chi connectivity index (χ1n) is 10.7. The normalized spacial score (nSPS) is 18.2. The van der Waals surface area contributed by atoms with Crippen LogP contribution in [0.25, 0.3) is 0 Å². The lowest BCUT2D eigenvalue weighted by Gasteiger charge is -2.28. The van der Waals surface area contributed by atoms with Crippen molar-refractivity contribution in [3.05, 3.63) is 0 Å². The number of nitrogens with two attached hydrogens (primary N) is 1. The van der Waals surface area contributed by atoms with Crippen LogP contribution >= 0.6 is 0 Å². The number of hydrogen-bond donors (Lipinski definition) is 6. The maximum absolute atomic E-state index is 13.0. The zero-order valence-corrected chi connectivity index (χ0v) is 18.5. The van der Waals surface area contributed by atoms with Gasteiger partial charge in [0.2, 0.25) is 17.7 Å². The van der Waals surface area contributed by atoms with Gasteiger partial charge < -0.3 is 36.6 Å². The molecule has 0 bridgehead atoms. The van der Waals surface area contributed by atoms with E-state index in [4.69, 9.17) is 10.8 Å². The third kappa shape index (κ3) is 8.42. The Labute approximate surface area is 190 Å². The first kappa shape index (κ1) is 28.0. The number of Topliss-reactive ketones (excluding diaryl/α,β-unsaturated/α-hetero) is 1. The summed E-state index contributed by atoms with van der Waals surface area (Å²) in [6.07, 6.45) is 1.02. The molecule has 0 unspecified atom stereocenters. The molecule has 0 aliphatic carbocycles. The van der Waals surface area contributed by atoms with Crippen LogP contribution in [0.15, 0.2) is 0 Å². The van der Waals surface area contributed by atoms with Crippen LogP contribution in [0.5, 0.6) is 0 Å². The topological polar surface area (TPSA) is 216 Å². The molecule has 13 heteroatoms. The van der Waals surface area contributed by atoms with Crippen LogP contribution < -0.4 is 16.4 Å². The summed E-state index contributed by atoms with van der Waals surface area (Å²) in [5.41, 5.74) is 5.48. The molecule has 33 heavy (non-hydrogen) atoms. The number of aliphatic carboxylic acids is 2. The lowest BCUT2D eigenvalue weighted by molar-refractivity contribution is -0.150. The van der Waals surface area contributed by atoms with E-state index in [0.29, 0.717) is 25.8 Å². The van der Waals surface area contributed by atoms with Crippen molar-refractivity contribution in [1.29, 1.82) is 0 Å². The highest BCUT2D eigenvalue weighted by Gasteiger charge is 2.38. The number of ketones is 1. The van der Waals surface area contributed by atoms with E-state index >= 15 is 0 Å². The first-order chi connectivity index (χ1) is 15.5. The molecule has 186 valence electrons. The van der Waals surface area contributed by atoms with Gasteiger partial charge >= 0.3 is 11.9 Å². The number of aliphatic hydroxyl groups is 1. The number of unbranched alkanes of at least 4 members (excludes halogenated alkanes) is 1. The van der Waals surface area contributed by atoms with Crippen LogP contribution in [0.3, 0.4) is 0 Å². The fraction of sp³-hybridized carbons (Fsp3) is 0.700. The zero-order valence-electron chi connectivity index (χ0n) is 18.5. The van der Waals surface area contributed by atoms with Crippen LogP contribution in [0.4, 0.5) is 0 Å². The van der Waals surface area contributed by atoms with Gasteiger partial charge in [0.1, 0.15) is 29.8 Å². The van der Waals surface area contributed by atoms with E-state index in [9.17, 15) is 39.0 Å². The summed E-state index contributed by atoms with van der Waals surface area (Å²) < 4.78 is 0. The van der Waals surface area contributed by atoms with E-state index < -0.39 is 72.5 Å². The molecular weight excluding hydrogens is 440 g/mol. The Morgan fingerprint density at radius 2 is 1.67 bits per heavy atom. The molecular formula is C20H32N4O9. The van der Waals surface area contributed by atoms with Gasteiger partial charge in [0, 0.05) is 6.54 Å². The molecule has 0 saturated carbocycles. The summed E-state index contributed by atoms with van der Waals surface area (Å²) in [5.74, 6) is -7.36. The van der Waals surface area contributed by atoms with Gasteiger partial charge in [-0.05, 0) is 45.6 Å². The first-order valence-corrected chi connectivity index (χ1v) is 10.7. The van der Waals surface area contributed by atoms with Crippen molar-refractivity contribution in [1.82, 2.24) is 15.5 Å². The lowest BCUT2D eigenvalue weighted by atomic mass is 10.0. The van der Waals surface area contributed by atoms with Crippen molar-refractivity contribution >= 4 is 35.4 Å². The van der Waals surface area contributed by atoms with Gasteiger partial charge in [0.15, 0.2) is 0 Å². The second-order valence-electron chi connectivity index (χ2n) is 7.88. The number of carbonyl (C=O) groups excluding carboxylic acids is 4. The van der Waals surface area contributed by atoms with Gasteiger partial charge in [0.25, 0.3) is 0 Å². The smallest absolute Gasteiger partial charge is 0.326 e. The van der Waals surface area contributed by atoms with E-state index in [-0.39, 0.29) is 19.4 Å². The maximum atomic E-state index is 13.0. The molecule has 0 aromatic heterocycles. The Balaban J connectivity index is 3.05. The molecule has 0 aromatic rings. The van der Waals surface area contributed by atoms with Crippen LogP contribution in [0.1, 0.15) is 45.4 Å². The molecule has 4 atom stereocenters. The van der Waals surface area contributed by atoms with E-state index in [1.165, 1.54) is 0 Å². The lowest BCUT2D eigenvalue weighted by Crippen LogP contribution is -2.57. The highest BCUT2D eigenvalue weighted by Crippen LogP contribution is 2.20. The molecule has 1 aliphatic heterocycles. The number of hydrogen-bond acceptors (Lipinski definition) is 8. The van der Waals surface area contributed by atoms with Gasteiger partial charge in [-0.1, -0.05) is 0 Å². The number of nitrogens with one attached hydrogen (secondary N) is 2. The Bertz CT molecular complexity index is 758.